The predicted molar refractivity (Wildman–Crippen MR) is 77.1 cm³/mol. The maximum atomic E-state index is 9.03. The van der Waals surface area contributed by atoms with E-state index in [4.69, 9.17) is 10.2 Å². The molecular formula is C16H18NO2. The molecule has 0 spiro atoms. The second-order valence-corrected chi connectivity index (χ2v) is 4.26. The monoisotopic (exact) mass is 256 g/mol. The van der Waals surface area contributed by atoms with Crippen LogP contribution in [0.2, 0.25) is 0 Å². The van der Waals surface area contributed by atoms with Gasteiger partial charge >= 0.3 is 0 Å². The molecule has 0 saturated heterocycles. The van der Waals surface area contributed by atoms with Gasteiger partial charge in [0.05, 0.1) is 13.2 Å². The Morgan fingerprint density at radius 3 is 2.11 bits per heavy atom. The van der Waals surface area contributed by atoms with Crippen LogP contribution in [-0.4, -0.2) is 36.5 Å². The third kappa shape index (κ3) is 3.56. The maximum Gasteiger partial charge on any atom is 0.0606 e. The first-order valence-corrected chi connectivity index (χ1v) is 6.39. The van der Waals surface area contributed by atoms with Crippen LogP contribution in [0, 0.1) is 6.07 Å². The SMILES string of the molecule is OCCN(CCO)c1ccc(-c2[c]cccc2)cc1. The number of aliphatic hydroxyl groups is 2. The molecule has 2 N–H and O–H groups in total. The number of benzene rings is 2. The Balaban J connectivity index is 2.17. The highest BCUT2D eigenvalue weighted by molar-refractivity contribution is 5.65. The first-order valence-electron chi connectivity index (χ1n) is 6.39. The second kappa shape index (κ2) is 6.92. The molecule has 2 aromatic carbocycles. The van der Waals surface area contributed by atoms with Gasteiger partial charge in [0.25, 0.3) is 0 Å². The zero-order chi connectivity index (χ0) is 13.5. The third-order valence-electron chi connectivity index (χ3n) is 2.99. The molecule has 0 atom stereocenters. The van der Waals surface area contributed by atoms with Gasteiger partial charge in [-0.15, -0.1) is 0 Å². The molecule has 19 heavy (non-hydrogen) atoms. The summed E-state index contributed by atoms with van der Waals surface area (Å²) in [6, 6.07) is 19.1. The fourth-order valence-electron chi connectivity index (χ4n) is 2.04. The van der Waals surface area contributed by atoms with E-state index in [0.717, 1.165) is 16.8 Å². The quantitative estimate of drug-likeness (QED) is 0.830. The van der Waals surface area contributed by atoms with E-state index in [9.17, 15) is 0 Å². The summed E-state index contributed by atoms with van der Waals surface area (Å²) < 4.78 is 0. The van der Waals surface area contributed by atoms with Crippen LogP contribution < -0.4 is 4.90 Å². The Morgan fingerprint density at radius 2 is 1.58 bits per heavy atom. The van der Waals surface area contributed by atoms with Crippen LogP contribution in [0.4, 0.5) is 5.69 Å². The largest absolute Gasteiger partial charge is 0.395 e. The summed E-state index contributed by atoms with van der Waals surface area (Å²) in [6.45, 7) is 1.21. The van der Waals surface area contributed by atoms with Crippen molar-refractivity contribution in [3.05, 3.63) is 54.6 Å². The summed E-state index contributed by atoms with van der Waals surface area (Å²) in [5.74, 6) is 0. The van der Waals surface area contributed by atoms with Crippen molar-refractivity contribution in [2.75, 3.05) is 31.2 Å². The molecule has 0 amide bonds. The summed E-state index contributed by atoms with van der Waals surface area (Å²) in [5, 5.41) is 18.1. The van der Waals surface area contributed by atoms with Gasteiger partial charge in [0.15, 0.2) is 0 Å². The molecule has 0 unspecified atom stereocenters. The molecule has 0 heterocycles. The number of rotatable bonds is 6. The average molecular weight is 256 g/mol. The van der Waals surface area contributed by atoms with Crippen molar-refractivity contribution in [3.63, 3.8) is 0 Å². The van der Waals surface area contributed by atoms with Gasteiger partial charge < -0.3 is 15.1 Å². The van der Waals surface area contributed by atoms with E-state index in [-0.39, 0.29) is 13.2 Å². The normalized spacial score (nSPS) is 10.4. The van der Waals surface area contributed by atoms with Gasteiger partial charge in [0.1, 0.15) is 0 Å². The number of hydrogen-bond acceptors (Lipinski definition) is 3. The van der Waals surface area contributed by atoms with E-state index in [1.54, 1.807) is 0 Å². The van der Waals surface area contributed by atoms with Crippen LogP contribution in [0.15, 0.2) is 48.5 Å². The topological polar surface area (TPSA) is 43.7 Å². The van der Waals surface area contributed by atoms with Crippen molar-refractivity contribution in [1.29, 1.82) is 0 Å². The zero-order valence-electron chi connectivity index (χ0n) is 10.8. The molecule has 0 aromatic heterocycles. The van der Waals surface area contributed by atoms with Gasteiger partial charge in [-0.05, 0) is 29.3 Å². The molecule has 0 aliphatic heterocycles. The summed E-state index contributed by atoms with van der Waals surface area (Å²) >= 11 is 0. The first-order chi connectivity index (χ1) is 9.35. The lowest BCUT2D eigenvalue weighted by Crippen LogP contribution is -2.29. The Hall–Kier alpha value is -1.84. The summed E-state index contributed by atoms with van der Waals surface area (Å²) in [6.07, 6.45) is 0. The molecule has 0 aliphatic rings. The van der Waals surface area contributed by atoms with E-state index in [1.807, 2.05) is 53.4 Å². The second-order valence-electron chi connectivity index (χ2n) is 4.26. The number of hydrogen-bond donors (Lipinski definition) is 2. The number of aliphatic hydroxyl groups excluding tert-OH is 2. The van der Waals surface area contributed by atoms with Gasteiger partial charge in [-0.25, -0.2) is 0 Å². The van der Waals surface area contributed by atoms with Gasteiger partial charge in [0, 0.05) is 18.8 Å². The van der Waals surface area contributed by atoms with E-state index in [1.165, 1.54) is 0 Å². The molecule has 3 nitrogen and oxygen atoms in total. The zero-order valence-corrected chi connectivity index (χ0v) is 10.8. The minimum atomic E-state index is 0.0776. The van der Waals surface area contributed by atoms with Gasteiger partial charge in [-0.2, -0.15) is 0 Å². The average Bonchev–Trinajstić information content (AvgIpc) is 2.48. The van der Waals surface area contributed by atoms with E-state index in [0.29, 0.717) is 13.1 Å². The van der Waals surface area contributed by atoms with E-state index in [2.05, 4.69) is 6.07 Å². The molecule has 99 valence electrons. The molecular weight excluding hydrogens is 238 g/mol. The van der Waals surface area contributed by atoms with Crippen LogP contribution in [-0.2, 0) is 0 Å². The highest BCUT2D eigenvalue weighted by atomic mass is 16.3. The van der Waals surface area contributed by atoms with Crippen LogP contribution in [0.1, 0.15) is 0 Å². The maximum absolute atomic E-state index is 9.03. The van der Waals surface area contributed by atoms with E-state index >= 15 is 0 Å². The molecule has 0 fully saturated rings. The minimum Gasteiger partial charge on any atom is -0.395 e. The lowest BCUT2D eigenvalue weighted by Gasteiger charge is -2.23. The van der Waals surface area contributed by atoms with E-state index < -0.39 is 0 Å². The van der Waals surface area contributed by atoms with Gasteiger partial charge in [-0.1, -0.05) is 36.4 Å². The van der Waals surface area contributed by atoms with Gasteiger partial charge in [-0.3, -0.25) is 0 Å². The summed E-state index contributed by atoms with van der Waals surface area (Å²) in [4.78, 5) is 1.96. The lowest BCUT2D eigenvalue weighted by molar-refractivity contribution is 0.281. The van der Waals surface area contributed by atoms with Crippen molar-refractivity contribution < 1.29 is 10.2 Å². The molecule has 3 heteroatoms. The standard InChI is InChI=1S/C16H18NO2/c18-12-10-17(11-13-19)16-8-6-15(7-9-16)14-4-2-1-3-5-14/h1-4,6-9,18-19H,10-13H2. The predicted octanol–water partition coefficient (Wildman–Crippen LogP) is 1.94. The first kappa shape index (κ1) is 13.6. The molecule has 2 aromatic rings. The van der Waals surface area contributed by atoms with Crippen LogP contribution in [0.3, 0.4) is 0 Å². The molecule has 0 saturated carbocycles. The Labute approximate surface area is 113 Å². The Bertz CT molecular complexity index is 476. The molecule has 0 bridgehead atoms. The minimum absolute atomic E-state index is 0.0776. The van der Waals surface area contributed by atoms with Crippen molar-refractivity contribution in [1.82, 2.24) is 0 Å². The summed E-state index contributed by atoms with van der Waals surface area (Å²) in [5.41, 5.74) is 3.17. The summed E-state index contributed by atoms with van der Waals surface area (Å²) in [7, 11) is 0. The highest BCUT2D eigenvalue weighted by Gasteiger charge is 2.05. The highest BCUT2D eigenvalue weighted by Crippen LogP contribution is 2.22. The van der Waals surface area contributed by atoms with Crippen molar-refractivity contribution >= 4 is 5.69 Å². The van der Waals surface area contributed by atoms with Crippen molar-refractivity contribution in [2.45, 2.75) is 0 Å². The van der Waals surface area contributed by atoms with Crippen LogP contribution >= 0.6 is 0 Å². The lowest BCUT2D eigenvalue weighted by atomic mass is 10.1. The van der Waals surface area contributed by atoms with Crippen LogP contribution in [0.5, 0.6) is 0 Å². The number of anilines is 1. The fourth-order valence-corrected chi connectivity index (χ4v) is 2.04. The molecule has 0 aliphatic carbocycles. The Kier molecular flexibility index (Phi) is 4.95. The van der Waals surface area contributed by atoms with Crippen LogP contribution in [0.25, 0.3) is 11.1 Å². The number of nitrogens with zero attached hydrogens (tertiary/aromatic N) is 1. The smallest absolute Gasteiger partial charge is 0.0606 e. The van der Waals surface area contributed by atoms with Gasteiger partial charge in [0.2, 0.25) is 0 Å². The molecule has 2 rings (SSSR count). The fraction of sp³-hybridized carbons (Fsp3) is 0.250. The molecule has 1 radical (unpaired) electrons. The third-order valence-corrected chi connectivity index (χ3v) is 2.99. The van der Waals surface area contributed by atoms with Crippen molar-refractivity contribution in [3.8, 4) is 11.1 Å². The van der Waals surface area contributed by atoms with Crippen molar-refractivity contribution in [2.24, 2.45) is 0 Å². The Morgan fingerprint density at radius 1 is 0.895 bits per heavy atom.